The van der Waals surface area contributed by atoms with E-state index in [9.17, 15) is 0 Å². The Kier molecular flexibility index (Phi) is 3.56. The van der Waals surface area contributed by atoms with Crippen molar-refractivity contribution in [3.63, 3.8) is 0 Å². The van der Waals surface area contributed by atoms with Crippen LogP contribution in [0.5, 0.6) is 0 Å². The second-order valence-corrected chi connectivity index (χ2v) is 4.46. The number of nitrogens with two attached hydrogens (primary N) is 1. The second-order valence-electron chi connectivity index (χ2n) is 4.46. The van der Waals surface area contributed by atoms with Gasteiger partial charge in [-0.15, -0.1) is 0 Å². The molecule has 0 aromatic carbocycles. The first-order valence-electron chi connectivity index (χ1n) is 4.59. The Morgan fingerprint density at radius 1 is 0.909 bits per heavy atom. The van der Waals surface area contributed by atoms with E-state index >= 15 is 0 Å². The zero-order valence-electron chi connectivity index (χ0n) is 8.81. The van der Waals surface area contributed by atoms with Gasteiger partial charge in [0.2, 0.25) is 0 Å². The number of hydrogen-bond donors (Lipinski definition) is 1. The maximum atomic E-state index is 5.97. The van der Waals surface area contributed by atoms with Gasteiger partial charge >= 0.3 is 0 Å². The fourth-order valence-electron chi connectivity index (χ4n) is 1.72. The molecule has 0 aliphatic rings. The lowest BCUT2D eigenvalue weighted by Gasteiger charge is -2.41. The van der Waals surface area contributed by atoms with Crippen molar-refractivity contribution >= 4 is 0 Å². The predicted molar refractivity (Wildman–Crippen MR) is 51.4 cm³/mol. The van der Waals surface area contributed by atoms with Gasteiger partial charge in [0.15, 0.2) is 0 Å². The number of hydrogen-bond acceptors (Lipinski definition) is 1. The van der Waals surface area contributed by atoms with E-state index in [-0.39, 0.29) is 11.5 Å². The van der Waals surface area contributed by atoms with Gasteiger partial charge in [-0.05, 0) is 24.2 Å². The summed E-state index contributed by atoms with van der Waals surface area (Å²) in [5.74, 6) is 1.31. The molecule has 0 spiro atoms. The minimum absolute atomic E-state index is 0.278. The van der Waals surface area contributed by atoms with Gasteiger partial charge in [-0.3, -0.25) is 0 Å². The maximum absolute atomic E-state index is 5.97. The van der Waals surface area contributed by atoms with E-state index in [0.29, 0.717) is 11.8 Å². The monoisotopic (exact) mass is 157 g/mol. The molecule has 0 amide bonds. The minimum Gasteiger partial charge on any atom is -0.327 e. The Morgan fingerprint density at radius 2 is 1.18 bits per heavy atom. The summed E-state index contributed by atoms with van der Waals surface area (Å²) >= 11 is 0. The first kappa shape index (κ1) is 11.0. The van der Waals surface area contributed by atoms with Crippen LogP contribution in [0.3, 0.4) is 0 Å². The highest BCUT2D eigenvalue weighted by Crippen LogP contribution is 2.37. The van der Waals surface area contributed by atoms with Gasteiger partial charge in [-0.1, -0.05) is 34.6 Å². The molecule has 0 aliphatic carbocycles. The lowest BCUT2D eigenvalue weighted by molar-refractivity contribution is 0.106. The fraction of sp³-hybridized carbons (Fsp3) is 1.00. The lowest BCUT2D eigenvalue weighted by atomic mass is 9.66. The van der Waals surface area contributed by atoms with Crippen molar-refractivity contribution in [3.05, 3.63) is 0 Å². The molecule has 0 bridgehead atoms. The molecule has 0 radical (unpaired) electrons. The molecule has 2 N–H and O–H groups in total. The summed E-state index contributed by atoms with van der Waals surface area (Å²) < 4.78 is 0. The summed E-state index contributed by atoms with van der Waals surface area (Å²) in [6.45, 7) is 13.4. The quantitative estimate of drug-likeness (QED) is 0.669. The van der Waals surface area contributed by atoms with Gasteiger partial charge in [-0.2, -0.15) is 0 Å². The fourth-order valence-corrected chi connectivity index (χ4v) is 1.72. The largest absolute Gasteiger partial charge is 0.327 e. The van der Waals surface area contributed by atoms with Crippen LogP contribution in [0.1, 0.15) is 41.5 Å². The number of rotatable bonds is 3. The summed E-state index contributed by atoms with van der Waals surface area (Å²) in [7, 11) is 0. The molecule has 68 valence electrons. The Bertz CT molecular complexity index is 92.3. The molecule has 0 saturated carbocycles. The lowest BCUT2D eigenvalue weighted by Crippen LogP contribution is -2.45. The van der Waals surface area contributed by atoms with E-state index in [0.717, 1.165) is 0 Å². The zero-order chi connectivity index (χ0) is 9.23. The molecular formula is C10H23N. The molecule has 0 heterocycles. The summed E-state index contributed by atoms with van der Waals surface area (Å²) in [5.41, 5.74) is 6.25. The van der Waals surface area contributed by atoms with Crippen molar-refractivity contribution < 1.29 is 0 Å². The maximum Gasteiger partial charge on any atom is 0.00692 e. The van der Waals surface area contributed by atoms with Crippen LogP contribution in [0, 0.1) is 17.3 Å². The summed E-state index contributed by atoms with van der Waals surface area (Å²) in [5, 5.41) is 0. The first-order valence-corrected chi connectivity index (χ1v) is 4.59. The zero-order valence-corrected chi connectivity index (χ0v) is 8.81. The predicted octanol–water partition coefficient (Wildman–Crippen LogP) is 2.65. The highest BCUT2D eigenvalue weighted by atomic mass is 14.7. The van der Waals surface area contributed by atoms with Gasteiger partial charge in [-0.25, -0.2) is 0 Å². The van der Waals surface area contributed by atoms with Crippen molar-refractivity contribution in [1.82, 2.24) is 0 Å². The average Bonchev–Trinajstić information content (AvgIpc) is 1.84. The molecular weight excluding hydrogens is 134 g/mol. The van der Waals surface area contributed by atoms with Crippen molar-refractivity contribution in [1.29, 1.82) is 0 Å². The van der Waals surface area contributed by atoms with E-state index in [1.807, 2.05) is 0 Å². The van der Waals surface area contributed by atoms with Gasteiger partial charge in [0.05, 0.1) is 0 Å². The van der Waals surface area contributed by atoms with Crippen LogP contribution in [-0.4, -0.2) is 6.04 Å². The van der Waals surface area contributed by atoms with Crippen LogP contribution < -0.4 is 5.73 Å². The van der Waals surface area contributed by atoms with Crippen LogP contribution in [-0.2, 0) is 0 Å². The molecule has 0 rings (SSSR count). The molecule has 1 unspecified atom stereocenters. The van der Waals surface area contributed by atoms with E-state index in [2.05, 4.69) is 41.5 Å². The summed E-state index contributed by atoms with van der Waals surface area (Å²) in [6.07, 6.45) is 0. The van der Waals surface area contributed by atoms with E-state index in [1.165, 1.54) is 0 Å². The molecule has 0 aromatic heterocycles. The van der Waals surface area contributed by atoms with Crippen LogP contribution in [0.25, 0.3) is 0 Å². The van der Waals surface area contributed by atoms with Crippen LogP contribution in [0.2, 0.25) is 0 Å². The van der Waals surface area contributed by atoms with Crippen molar-refractivity contribution in [3.8, 4) is 0 Å². The van der Waals surface area contributed by atoms with Crippen LogP contribution in [0.4, 0.5) is 0 Å². The summed E-state index contributed by atoms with van der Waals surface area (Å²) in [6, 6.07) is 0.280. The van der Waals surface area contributed by atoms with Gasteiger partial charge in [0, 0.05) is 6.04 Å². The van der Waals surface area contributed by atoms with Crippen molar-refractivity contribution in [2.75, 3.05) is 0 Å². The van der Waals surface area contributed by atoms with Crippen LogP contribution in [0.15, 0.2) is 0 Å². The molecule has 0 saturated heterocycles. The normalized spacial score (nSPS) is 16.1. The van der Waals surface area contributed by atoms with E-state index < -0.39 is 0 Å². The Balaban J connectivity index is 4.53. The Labute approximate surface area is 71.4 Å². The molecule has 11 heavy (non-hydrogen) atoms. The Morgan fingerprint density at radius 3 is 1.18 bits per heavy atom. The minimum atomic E-state index is 0.278. The first-order chi connectivity index (χ1) is 4.83. The SMILES string of the molecule is CC(C)C(C)(C(C)C)C(C)N. The third-order valence-corrected chi connectivity index (χ3v) is 3.47. The molecule has 0 fully saturated rings. The van der Waals surface area contributed by atoms with Crippen molar-refractivity contribution in [2.24, 2.45) is 23.0 Å². The molecule has 0 aliphatic heterocycles. The molecule has 1 atom stereocenters. The average molecular weight is 157 g/mol. The standard InChI is InChI=1S/C10H23N/c1-7(2)10(6,8(3)4)9(5)11/h7-9H,11H2,1-6H3. The van der Waals surface area contributed by atoms with Crippen LogP contribution >= 0.6 is 0 Å². The highest BCUT2D eigenvalue weighted by Gasteiger charge is 2.35. The topological polar surface area (TPSA) is 26.0 Å². The van der Waals surface area contributed by atoms with Crippen molar-refractivity contribution in [2.45, 2.75) is 47.6 Å². The van der Waals surface area contributed by atoms with Gasteiger partial charge in [0.1, 0.15) is 0 Å². The van der Waals surface area contributed by atoms with Gasteiger partial charge in [0.25, 0.3) is 0 Å². The van der Waals surface area contributed by atoms with E-state index in [4.69, 9.17) is 5.73 Å². The van der Waals surface area contributed by atoms with Gasteiger partial charge < -0.3 is 5.73 Å². The third-order valence-electron chi connectivity index (χ3n) is 3.47. The third kappa shape index (κ3) is 1.96. The molecule has 0 aromatic rings. The highest BCUT2D eigenvalue weighted by molar-refractivity contribution is 4.87. The smallest absolute Gasteiger partial charge is 0.00692 e. The summed E-state index contributed by atoms with van der Waals surface area (Å²) in [4.78, 5) is 0. The van der Waals surface area contributed by atoms with E-state index in [1.54, 1.807) is 0 Å². The molecule has 1 nitrogen and oxygen atoms in total. The second kappa shape index (κ2) is 3.57. The molecule has 1 heteroatoms. The Hall–Kier alpha value is -0.0400.